The van der Waals surface area contributed by atoms with Crippen LogP contribution in [0.15, 0.2) is 162 Å². The summed E-state index contributed by atoms with van der Waals surface area (Å²) < 4.78 is 13.8. The van der Waals surface area contributed by atoms with Gasteiger partial charge >= 0.3 is 0 Å². The number of Topliss-reactive ketones (excluding diaryl/α,β-unsaturated/α-hetero) is 4. The first-order chi connectivity index (χ1) is 70.6. The molecule has 16 rings (SSSR count). The molecule has 0 radical (unpaired) electrons. The number of likely N-dealkylation sites (tertiary alicyclic amines) is 4. The Morgan fingerprint density at radius 2 is 0.718 bits per heavy atom. The van der Waals surface area contributed by atoms with Crippen LogP contribution >= 0.6 is 45.3 Å². The minimum Gasteiger partial charge on any atom is -0.391 e. The number of ketones is 4. The average Bonchev–Trinajstić information content (AvgIpc) is 1.63. The van der Waals surface area contributed by atoms with E-state index in [1.807, 2.05) is 222 Å². The van der Waals surface area contributed by atoms with Crippen molar-refractivity contribution in [2.45, 2.75) is 307 Å². The van der Waals surface area contributed by atoms with Crippen LogP contribution in [0.25, 0.3) is 41.8 Å². The number of thiazole rings is 4. The fourth-order valence-electron chi connectivity index (χ4n) is 20.3. The lowest BCUT2D eigenvalue weighted by atomic mass is 9.84. The number of hydrogen-bond donors (Lipinski definition) is 6. The molecule has 6 aliphatic heterocycles. The van der Waals surface area contributed by atoms with Crippen molar-refractivity contribution in [2.24, 2.45) is 28.1 Å². The lowest BCUT2D eigenvalue weighted by Gasteiger charge is -2.36. The topological polar surface area (TPSA) is 381 Å². The van der Waals surface area contributed by atoms with Crippen molar-refractivity contribution in [1.29, 1.82) is 0 Å². The highest BCUT2D eigenvalue weighted by molar-refractivity contribution is 7.14. The van der Waals surface area contributed by atoms with E-state index in [-0.39, 0.29) is 166 Å². The summed E-state index contributed by atoms with van der Waals surface area (Å²) in [5, 5.41) is 47.3. The monoisotopic (exact) mass is 2110 g/mol. The van der Waals surface area contributed by atoms with Crippen molar-refractivity contribution in [1.82, 2.24) is 60.0 Å². The Kier molecular flexibility index (Phi) is 38.2. The fraction of sp³-hybridized carbons (Fsp3) is 0.483. The van der Waals surface area contributed by atoms with E-state index < -0.39 is 101 Å². The summed E-state index contributed by atoms with van der Waals surface area (Å²) in [5.41, 5.74) is 20.7. The number of nitrogens with one attached hydrogen (secondary N) is 2. The lowest BCUT2D eigenvalue weighted by Crippen LogP contribution is -2.58. The zero-order chi connectivity index (χ0) is 108. The van der Waals surface area contributed by atoms with Crippen LogP contribution in [0.1, 0.15) is 245 Å². The smallest absolute Gasteiger partial charge is 0.255 e. The molecule has 0 unspecified atom stereocenters. The Labute approximate surface area is 889 Å². The summed E-state index contributed by atoms with van der Waals surface area (Å²) in [4.78, 5) is 190. The molecule has 149 heavy (non-hydrogen) atoms. The van der Waals surface area contributed by atoms with Crippen LogP contribution in [0.2, 0.25) is 0 Å². The molecule has 8 amide bonds. The third-order valence-electron chi connectivity index (χ3n) is 28.6. The number of aliphatic hydroxyl groups excluding tert-OH is 4. The van der Waals surface area contributed by atoms with Crippen LogP contribution < -0.4 is 10.6 Å². The number of hydrogen-bond acceptors (Lipinski definition) is 24. The summed E-state index contributed by atoms with van der Waals surface area (Å²) in [5.74, 6) is -3.39. The van der Waals surface area contributed by atoms with E-state index in [1.54, 1.807) is 83.2 Å². The number of aliphatic hydroxyl groups is 4. The normalized spacial score (nSPS) is 19.4. The van der Waals surface area contributed by atoms with E-state index in [9.17, 15) is 82.4 Å². The van der Waals surface area contributed by atoms with Crippen molar-refractivity contribution in [3.63, 3.8) is 0 Å². The summed E-state index contributed by atoms with van der Waals surface area (Å²) in [6.07, 6.45) is 2.96. The molecule has 4 saturated heterocycles. The van der Waals surface area contributed by atoms with Gasteiger partial charge in [-0.2, -0.15) is 0 Å². The van der Waals surface area contributed by atoms with Crippen LogP contribution in [0.3, 0.4) is 0 Å². The Morgan fingerprint density at radius 3 is 1.03 bits per heavy atom. The third kappa shape index (κ3) is 28.1. The minimum atomic E-state index is -0.823. The van der Waals surface area contributed by atoms with E-state index in [4.69, 9.17) is 0 Å². The minimum absolute atomic E-state index is 0.0466. The van der Waals surface area contributed by atoms with Gasteiger partial charge in [-0.3, -0.25) is 57.5 Å². The maximum atomic E-state index is 13.9. The van der Waals surface area contributed by atoms with Gasteiger partial charge in [-0.1, -0.05) is 225 Å². The van der Waals surface area contributed by atoms with E-state index in [0.29, 0.717) is 56.2 Å². The van der Waals surface area contributed by atoms with Gasteiger partial charge in [0.1, 0.15) is 30.0 Å². The van der Waals surface area contributed by atoms with Gasteiger partial charge in [-0.15, -0.1) is 45.3 Å². The molecule has 6 N–H and O–H groups in total. The highest BCUT2D eigenvalue weighted by Crippen LogP contribution is 2.40. The molecule has 33 heteroatoms. The maximum Gasteiger partial charge on any atom is 0.255 e. The largest absolute Gasteiger partial charge is 0.391 e. The zero-order valence-electron chi connectivity index (χ0n) is 88.7. The number of halogens is 1. The number of benzene rings is 6. The molecule has 12 atom stereocenters. The quantitative estimate of drug-likeness (QED) is 0.0222. The van der Waals surface area contributed by atoms with Crippen LogP contribution in [0.5, 0.6) is 0 Å². The molecular weight excluding hydrogens is 1960 g/mol. The standard InChI is InChI=1S/C31H35N3O4S.C30H32FN3O4S.C28H39N3O4S.C27H37N3O4S/c1-4-25-29(39-18-32-25)21-12-9-20(10-13-21)11-14-27(36)26-15-23(35)17-33(26)31(38)28(19(2)3)34-16-22-7-5-6-8-24(22)30(34)37;1-17(2)27(34-14-21-9-10-22(31)12-24(21)29(34)37)30(38)33-15-23(35)13-25(33)26(36)11-6-19-4-7-20(8-5-19)28-18(3)32-16-39-28;1-17-23(36-16-29-17)19-11-8-18(9-12-19)10-13-22(33)21-14-20(32)15-31(21)25(34)24(27(2,3)4)30-26(35)28(5,6)7;1-6-7-23(33)29-25(27(3,4)5)26(34)30-15-20(31)14-21(30)22(32)13-10-18-8-11-19(12-9-18)24-17(2)28-16-35-24/h5-10,12-13,18-19,23,26,28,35H,4,11,14-17H2,1-3H3;4-5,7-10,12,16-17,23,25,27,35H,6,11,13-15H2,1-3H3;8-9,11-12,16,20-21,24,32H,10,13-15H2,1-7H3,(H,30,35);8-9,11-12,16,20-21,25,31H,6-7,10,13-15H2,1-5H3,(H,29,33)/t23-,26+,28+;23-,25+,27+;20-,21+,24-;20-,21+,25-/m1111/s1. The van der Waals surface area contributed by atoms with Gasteiger partial charge in [0.15, 0.2) is 23.1 Å². The van der Waals surface area contributed by atoms with E-state index >= 15 is 0 Å². The Bertz CT molecular complexity index is 6430. The van der Waals surface area contributed by atoms with Crippen molar-refractivity contribution in [2.75, 3.05) is 26.2 Å². The molecule has 0 bridgehead atoms. The van der Waals surface area contributed by atoms with Gasteiger partial charge in [0.05, 0.1) is 113 Å². The first-order valence-corrected chi connectivity index (χ1v) is 55.3. The van der Waals surface area contributed by atoms with Gasteiger partial charge in [0, 0.05) is 114 Å². The fourth-order valence-corrected chi connectivity index (χ4v) is 23.7. The first kappa shape index (κ1) is 114. The SMILES string of the molecule is CCCC(=O)N[C@H](C(=O)N1C[C@H](O)C[C@H]1C(=O)CCc1ccc(-c2scnc2C)cc1)C(C)(C)C.CCc1ncsc1-c1ccc(CCC(=O)[C@@H]2C[C@@H](O)CN2C(=O)[C@H](C(C)C)N2Cc3ccccc3C2=O)cc1.Cc1ncsc1-c1ccc(CCC(=O)[C@@H]2C[C@@H](O)CN2C(=O)[C@@H](NC(=O)C(C)(C)C)C(C)(C)C)cc1.Cc1ncsc1-c1ccc(CCC(=O)[C@@H]2C[C@@H](O)CN2C(=O)[C@H](C(C)C)N2Cc3ccc(F)cc3C2=O)cc1. The molecule has 0 saturated carbocycles. The molecule has 10 aromatic rings. The predicted molar refractivity (Wildman–Crippen MR) is 579 cm³/mol. The first-order valence-electron chi connectivity index (χ1n) is 51.7. The second-order valence-corrected chi connectivity index (χ2v) is 47.3. The van der Waals surface area contributed by atoms with Crippen molar-refractivity contribution < 1.29 is 82.4 Å². The number of carbonyl (C=O) groups excluding carboxylic acids is 12. The predicted octanol–water partition coefficient (Wildman–Crippen LogP) is 17.0. The van der Waals surface area contributed by atoms with E-state index in [1.165, 1.54) is 41.5 Å². The van der Waals surface area contributed by atoms with Crippen LogP contribution in [0.4, 0.5) is 4.39 Å². The molecule has 4 fully saturated rings. The van der Waals surface area contributed by atoms with Gasteiger partial charge < -0.3 is 60.5 Å². The number of nitrogens with zero attached hydrogens (tertiary/aromatic N) is 10. The van der Waals surface area contributed by atoms with Crippen molar-refractivity contribution >= 4 is 116 Å². The van der Waals surface area contributed by atoms with Gasteiger partial charge in [-0.25, -0.2) is 24.3 Å². The number of aromatic nitrogens is 4. The third-order valence-corrected chi connectivity index (χ3v) is 32.5. The number of rotatable bonds is 33. The van der Waals surface area contributed by atoms with Crippen molar-refractivity contribution in [3.05, 3.63) is 235 Å². The number of carbonyl (C=O) groups is 12. The second-order valence-electron chi connectivity index (χ2n) is 43.9. The van der Waals surface area contributed by atoms with Gasteiger partial charge in [0.25, 0.3) is 11.8 Å². The molecule has 10 heterocycles. The molecule has 6 aromatic carbocycles. The lowest BCUT2D eigenvalue weighted by molar-refractivity contribution is -0.144. The van der Waals surface area contributed by atoms with E-state index in [0.717, 1.165) is 93.9 Å². The summed E-state index contributed by atoms with van der Waals surface area (Å²) in [6, 6.07) is 38.2. The second kappa shape index (κ2) is 49.9. The van der Waals surface area contributed by atoms with Gasteiger partial charge in [-0.05, 0) is 156 Å². The van der Waals surface area contributed by atoms with Crippen LogP contribution in [-0.2, 0) is 93.1 Å². The van der Waals surface area contributed by atoms with Crippen LogP contribution in [0, 0.1) is 54.7 Å². The molecule has 0 spiro atoms. The average molecular weight is 2110 g/mol. The summed E-state index contributed by atoms with van der Waals surface area (Å²) >= 11 is 6.43. The number of β-amino-alcohol motifs (C(OH)–C–C–N with tert-alkyl or cyclic N) is 4. The summed E-state index contributed by atoms with van der Waals surface area (Å²) in [6.45, 7) is 35.1. The van der Waals surface area contributed by atoms with Crippen LogP contribution in [-0.4, -0.2) is 239 Å². The molecular formula is C116H143FN12O16S4. The highest BCUT2D eigenvalue weighted by atomic mass is 32.1. The molecule has 0 aliphatic carbocycles. The Morgan fingerprint density at radius 1 is 0.403 bits per heavy atom. The maximum absolute atomic E-state index is 13.9. The Hall–Kier alpha value is -12.0. The van der Waals surface area contributed by atoms with Gasteiger partial charge in [0.2, 0.25) is 35.4 Å². The zero-order valence-corrected chi connectivity index (χ0v) is 92.0. The van der Waals surface area contributed by atoms with E-state index in [2.05, 4.69) is 49.6 Å². The summed E-state index contributed by atoms with van der Waals surface area (Å²) in [7, 11) is 0. The number of amides is 8. The van der Waals surface area contributed by atoms with Crippen molar-refractivity contribution in [3.8, 4) is 41.8 Å². The molecule has 6 aliphatic rings. The number of aryl methyl sites for hydroxylation is 8. The molecule has 794 valence electrons. The molecule has 28 nitrogen and oxygen atoms in total. The highest BCUT2D eigenvalue weighted by Gasteiger charge is 2.51. The Balaban J connectivity index is 0.000000166. The molecule has 4 aromatic heterocycles. The number of fused-ring (bicyclic) bond motifs is 2.